The first kappa shape index (κ1) is 15.5. The number of guanidine groups is 1. The van der Waals surface area contributed by atoms with Crippen LogP contribution in [0.25, 0.3) is 0 Å². The van der Waals surface area contributed by atoms with Gasteiger partial charge in [0.15, 0.2) is 5.96 Å². The minimum Gasteiger partial charge on any atom is -0.453 e. The number of hydrogen-bond donors (Lipinski definition) is 3. The number of hydrogen-bond acceptors (Lipinski definition) is 3. The van der Waals surface area contributed by atoms with E-state index in [1.54, 1.807) is 12.1 Å². The first-order valence-electron chi connectivity index (χ1n) is 4.61. The molecule has 0 fully saturated rings. The maximum Gasteiger partial charge on any atom is 0.411 e. The summed E-state index contributed by atoms with van der Waals surface area (Å²) in [6.45, 7) is 0.417. The minimum absolute atomic E-state index is 0. The number of halogens is 1. The lowest BCUT2D eigenvalue weighted by Gasteiger charge is -2.04. The van der Waals surface area contributed by atoms with Crippen LogP contribution in [0.15, 0.2) is 29.3 Å². The number of carbonyl (C=O) groups is 1. The van der Waals surface area contributed by atoms with Crippen LogP contribution >= 0.6 is 24.0 Å². The fourth-order valence-corrected chi connectivity index (χ4v) is 1.04. The van der Waals surface area contributed by atoms with Gasteiger partial charge < -0.3 is 16.2 Å². The Bertz CT molecular complexity index is 388. The summed E-state index contributed by atoms with van der Waals surface area (Å²) in [6.07, 6.45) is -0.503. The number of nitrogens with two attached hydrogens (primary N) is 2. The number of methoxy groups -OCH3 is 1. The van der Waals surface area contributed by atoms with E-state index in [0.717, 1.165) is 5.56 Å². The molecule has 0 aliphatic carbocycles. The lowest BCUT2D eigenvalue weighted by Crippen LogP contribution is -2.22. The topological polar surface area (TPSA) is 103 Å². The standard InChI is InChI=1S/C10H14N4O2.HI/c1-16-10(15)14-8-4-2-7(3-5-8)6-13-9(11)12;/h2-5H,6H2,1H3,(H,14,15)(H4,11,12,13);1H. The van der Waals surface area contributed by atoms with Gasteiger partial charge in [0.2, 0.25) is 0 Å². The first-order valence-corrected chi connectivity index (χ1v) is 4.61. The Morgan fingerprint density at radius 1 is 1.35 bits per heavy atom. The molecule has 1 aromatic rings. The monoisotopic (exact) mass is 350 g/mol. The number of nitrogens with zero attached hydrogens (tertiary/aromatic N) is 1. The lowest BCUT2D eigenvalue weighted by atomic mass is 10.2. The molecule has 1 rings (SSSR count). The number of rotatable bonds is 3. The maximum absolute atomic E-state index is 10.9. The van der Waals surface area contributed by atoms with Gasteiger partial charge in [-0.15, -0.1) is 24.0 Å². The smallest absolute Gasteiger partial charge is 0.411 e. The van der Waals surface area contributed by atoms with Crippen molar-refractivity contribution in [1.29, 1.82) is 0 Å². The van der Waals surface area contributed by atoms with Gasteiger partial charge in [0.1, 0.15) is 0 Å². The van der Waals surface area contributed by atoms with Gasteiger partial charge in [-0.05, 0) is 17.7 Å². The van der Waals surface area contributed by atoms with Gasteiger partial charge in [0, 0.05) is 5.69 Å². The number of anilines is 1. The maximum atomic E-state index is 10.9. The second-order valence-electron chi connectivity index (χ2n) is 3.05. The molecule has 94 valence electrons. The normalized spacial score (nSPS) is 8.76. The molecule has 0 saturated carbocycles. The molecule has 0 bridgehead atoms. The zero-order valence-corrected chi connectivity index (χ0v) is 11.7. The summed E-state index contributed by atoms with van der Waals surface area (Å²) in [5.41, 5.74) is 12.0. The molecule has 0 spiro atoms. The van der Waals surface area contributed by atoms with Crippen molar-refractivity contribution in [2.45, 2.75) is 6.54 Å². The summed E-state index contributed by atoms with van der Waals surface area (Å²) < 4.78 is 4.46. The van der Waals surface area contributed by atoms with E-state index in [1.807, 2.05) is 12.1 Å². The third-order valence-corrected chi connectivity index (χ3v) is 1.83. The van der Waals surface area contributed by atoms with E-state index in [0.29, 0.717) is 12.2 Å². The minimum atomic E-state index is -0.503. The molecule has 0 aliphatic rings. The van der Waals surface area contributed by atoms with E-state index >= 15 is 0 Å². The first-order chi connectivity index (χ1) is 7.61. The Morgan fingerprint density at radius 2 is 1.94 bits per heavy atom. The summed E-state index contributed by atoms with van der Waals surface area (Å²) in [5, 5.41) is 2.54. The Morgan fingerprint density at radius 3 is 2.41 bits per heavy atom. The fourth-order valence-electron chi connectivity index (χ4n) is 1.04. The second kappa shape index (κ2) is 7.71. The van der Waals surface area contributed by atoms with Crippen molar-refractivity contribution >= 4 is 41.7 Å². The third kappa shape index (κ3) is 5.95. The highest BCUT2D eigenvalue weighted by molar-refractivity contribution is 14.0. The Labute approximate surface area is 116 Å². The van der Waals surface area contributed by atoms with E-state index in [9.17, 15) is 4.79 Å². The third-order valence-electron chi connectivity index (χ3n) is 1.83. The molecule has 1 amide bonds. The van der Waals surface area contributed by atoms with E-state index in [-0.39, 0.29) is 29.9 Å². The van der Waals surface area contributed by atoms with E-state index in [4.69, 9.17) is 11.5 Å². The van der Waals surface area contributed by atoms with Crippen LogP contribution in [0.3, 0.4) is 0 Å². The lowest BCUT2D eigenvalue weighted by molar-refractivity contribution is 0.187. The van der Waals surface area contributed by atoms with Crippen molar-refractivity contribution in [3.8, 4) is 0 Å². The predicted molar refractivity (Wildman–Crippen MR) is 77.4 cm³/mol. The molecule has 0 radical (unpaired) electrons. The van der Waals surface area contributed by atoms with Crippen LogP contribution in [-0.2, 0) is 11.3 Å². The molecular formula is C10H15IN4O2. The van der Waals surface area contributed by atoms with Gasteiger partial charge in [0.05, 0.1) is 13.7 Å². The van der Waals surface area contributed by atoms with Crippen LogP contribution in [0, 0.1) is 0 Å². The molecule has 0 aliphatic heterocycles. The van der Waals surface area contributed by atoms with Crippen molar-refractivity contribution in [2.75, 3.05) is 12.4 Å². The number of nitrogens with one attached hydrogen (secondary N) is 1. The van der Waals surface area contributed by atoms with Crippen LogP contribution < -0.4 is 16.8 Å². The molecule has 0 atom stereocenters. The molecule has 5 N–H and O–H groups in total. The van der Waals surface area contributed by atoms with Crippen LogP contribution in [0.4, 0.5) is 10.5 Å². The van der Waals surface area contributed by atoms with Crippen molar-refractivity contribution in [3.05, 3.63) is 29.8 Å². The molecule has 0 heterocycles. The van der Waals surface area contributed by atoms with Crippen LogP contribution in [0.2, 0.25) is 0 Å². The Kier molecular flexibility index (Phi) is 7.03. The SMILES string of the molecule is COC(=O)Nc1ccc(CN=C(N)N)cc1.I. The highest BCUT2D eigenvalue weighted by Gasteiger charge is 1.99. The van der Waals surface area contributed by atoms with Crippen LogP contribution in [0.5, 0.6) is 0 Å². The summed E-state index contributed by atoms with van der Waals surface area (Å²) >= 11 is 0. The average Bonchev–Trinajstić information content (AvgIpc) is 2.28. The number of carbonyl (C=O) groups excluding carboxylic acids is 1. The highest BCUT2D eigenvalue weighted by Crippen LogP contribution is 2.10. The zero-order valence-electron chi connectivity index (χ0n) is 9.34. The molecule has 1 aromatic carbocycles. The molecular weight excluding hydrogens is 335 g/mol. The van der Waals surface area contributed by atoms with Crippen molar-refractivity contribution in [1.82, 2.24) is 0 Å². The summed E-state index contributed by atoms with van der Waals surface area (Å²) in [4.78, 5) is 14.8. The van der Waals surface area contributed by atoms with E-state index in [1.165, 1.54) is 7.11 Å². The molecule has 7 heteroatoms. The van der Waals surface area contributed by atoms with Crippen molar-refractivity contribution < 1.29 is 9.53 Å². The van der Waals surface area contributed by atoms with E-state index < -0.39 is 6.09 Å². The number of aliphatic imine (C=N–C) groups is 1. The number of benzene rings is 1. The highest BCUT2D eigenvalue weighted by atomic mass is 127. The largest absolute Gasteiger partial charge is 0.453 e. The quantitative estimate of drug-likeness (QED) is 0.434. The summed E-state index contributed by atoms with van der Waals surface area (Å²) in [5.74, 6) is 0.0526. The molecule has 0 unspecified atom stereocenters. The van der Waals surface area contributed by atoms with Gasteiger partial charge >= 0.3 is 6.09 Å². The van der Waals surface area contributed by atoms with Crippen molar-refractivity contribution in [2.24, 2.45) is 16.5 Å². The van der Waals surface area contributed by atoms with Gasteiger partial charge in [-0.1, -0.05) is 12.1 Å². The zero-order chi connectivity index (χ0) is 12.0. The van der Waals surface area contributed by atoms with Gasteiger partial charge in [0.25, 0.3) is 0 Å². The van der Waals surface area contributed by atoms with Crippen LogP contribution in [-0.4, -0.2) is 19.2 Å². The summed E-state index contributed by atoms with van der Waals surface area (Å²) in [6, 6.07) is 7.12. The van der Waals surface area contributed by atoms with Gasteiger partial charge in [-0.25, -0.2) is 9.79 Å². The molecule has 6 nitrogen and oxygen atoms in total. The predicted octanol–water partition coefficient (Wildman–Crippen LogP) is 1.26. The second-order valence-corrected chi connectivity index (χ2v) is 3.05. The number of amides is 1. The van der Waals surface area contributed by atoms with E-state index in [2.05, 4.69) is 15.0 Å². The van der Waals surface area contributed by atoms with Crippen molar-refractivity contribution in [3.63, 3.8) is 0 Å². The summed E-state index contributed by atoms with van der Waals surface area (Å²) in [7, 11) is 1.31. The molecule has 17 heavy (non-hydrogen) atoms. The molecule has 0 aromatic heterocycles. The fraction of sp³-hybridized carbons (Fsp3) is 0.200. The number of ether oxygens (including phenoxy) is 1. The Balaban J connectivity index is 0.00000256. The Hall–Kier alpha value is -1.51. The average molecular weight is 350 g/mol. The van der Waals surface area contributed by atoms with Gasteiger partial charge in [-0.3, -0.25) is 5.32 Å². The molecule has 0 saturated heterocycles. The van der Waals surface area contributed by atoms with Gasteiger partial charge in [-0.2, -0.15) is 0 Å². The van der Waals surface area contributed by atoms with Crippen LogP contribution in [0.1, 0.15) is 5.56 Å².